The highest BCUT2D eigenvalue weighted by atomic mass is 79.9. The number of nitrogens with two attached hydrogens (primary N) is 1. The van der Waals surface area contributed by atoms with Crippen LogP contribution in [0.3, 0.4) is 0 Å². The van der Waals surface area contributed by atoms with Crippen molar-refractivity contribution in [1.29, 1.82) is 0 Å². The van der Waals surface area contributed by atoms with E-state index in [2.05, 4.69) is 21.0 Å². The quantitative estimate of drug-likeness (QED) is 0.924. The van der Waals surface area contributed by atoms with Crippen molar-refractivity contribution in [2.75, 3.05) is 0 Å². The topological polar surface area (TPSA) is 43.8 Å². The number of aromatic nitrogens is 2. The molecular weight excluding hydrogens is 333 g/mol. The van der Waals surface area contributed by atoms with E-state index in [1.165, 1.54) is 12.1 Å². The molecule has 3 nitrogen and oxygen atoms in total. The smallest absolute Gasteiger partial charge is 0.124 e. The number of halogens is 3. The maximum atomic E-state index is 13.4. The summed E-state index contributed by atoms with van der Waals surface area (Å²) >= 11 is 9.45. The van der Waals surface area contributed by atoms with Gasteiger partial charge in [-0.3, -0.25) is 4.68 Å². The normalized spacial score (nSPS) is 12.7. The van der Waals surface area contributed by atoms with E-state index in [-0.39, 0.29) is 11.9 Å². The van der Waals surface area contributed by atoms with Crippen molar-refractivity contribution < 1.29 is 4.39 Å². The second-order valence-corrected chi connectivity index (χ2v) is 5.78. The van der Waals surface area contributed by atoms with Crippen LogP contribution in [0.4, 0.5) is 4.39 Å². The SMILES string of the molecule is Cc1nn(C)c(CC(N)c2cc(F)cc(Br)c2)c1Cl. The van der Waals surface area contributed by atoms with Gasteiger partial charge in [-0.05, 0) is 30.7 Å². The minimum atomic E-state index is -0.334. The average Bonchev–Trinajstić information content (AvgIpc) is 2.54. The fourth-order valence-corrected chi connectivity index (χ4v) is 2.74. The number of rotatable bonds is 3. The van der Waals surface area contributed by atoms with Gasteiger partial charge >= 0.3 is 0 Å². The van der Waals surface area contributed by atoms with Crippen molar-refractivity contribution >= 4 is 27.5 Å². The van der Waals surface area contributed by atoms with E-state index in [0.29, 0.717) is 15.9 Å². The van der Waals surface area contributed by atoms with E-state index in [9.17, 15) is 4.39 Å². The van der Waals surface area contributed by atoms with Gasteiger partial charge < -0.3 is 5.73 Å². The molecule has 2 N–H and O–H groups in total. The van der Waals surface area contributed by atoms with Crippen LogP contribution in [0.2, 0.25) is 5.02 Å². The Kier molecular flexibility index (Phi) is 4.28. The standard InChI is InChI=1S/C13H14BrClFN3/c1-7-13(15)12(19(2)18-7)6-11(17)8-3-9(14)5-10(16)4-8/h3-5,11H,6,17H2,1-2H3. The largest absolute Gasteiger partial charge is 0.324 e. The Morgan fingerprint density at radius 3 is 2.68 bits per heavy atom. The number of benzene rings is 1. The van der Waals surface area contributed by atoms with E-state index in [1.54, 1.807) is 4.68 Å². The van der Waals surface area contributed by atoms with Crippen molar-refractivity contribution in [1.82, 2.24) is 9.78 Å². The van der Waals surface area contributed by atoms with E-state index in [0.717, 1.165) is 17.0 Å². The van der Waals surface area contributed by atoms with Gasteiger partial charge in [0.2, 0.25) is 0 Å². The fraction of sp³-hybridized carbons (Fsp3) is 0.308. The van der Waals surface area contributed by atoms with Crippen molar-refractivity contribution in [3.05, 3.63) is 50.5 Å². The van der Waals surface area contributed by atoms with Gasteiger partial charge in [0.05, 0.1) is 16.4 Å². The zero-order chi connectivity index (χ0) is 14.2. The average molecular weight is 347 g/mol. The molecule has 0 aliphatic heterocycles. The molecule has 1 aromatic heterocycles. The minimum Gasteiger partial charge on any atom is -0.324 e. The molecule has 0 amide bonds. The third kappa shape index (κ3) is 3.16. The lowest BCUT2D eigenvalue weighted by Gasteiger charge is -2.13. The maximum absolute atomic E-state index is 13.4. The highest BCUT2D eigenvalue weighted by Crippen LogP contribution is 2.26. The van der Waals surface area contributed by atoms with Crippen LogP contribution in [0.15, 0.2) is 22.7 Å². The van der Waals surface area contributed by atoms with Gasteiger partial charge in [-0.1, -0.05) is 27.5 Å². The van der Waals surface area contributed by atoms with E-state index in [4.69, 9.17) is 17.3 Å². The summed E-state index contributed by atoms with van der Waals surface area (Å²) in [5, 5.41) is 4.86. The first-order valence-electron chi connectivity index (χ1n) is 5.78. The predicted molar refractivity (Wildman–Crippen MR) is 77.7 cm³/mol. The molecular formula is C13H14BrClFN3. The molecule has 0 aliphatic rings. The first-order valence-corrected chi connectivity index (χ1v) is 6.95. The van der Waals surface area contributed by atoms with Crippen LogP contribution in [-0.4, -0.2) is 9.78 Å². The van der Waals surface area contributed by atoms with Crippen LogP contribution in [-0.2, 0) is 13.5 Å². The predicted octanol–water partition coefficient (Wildman–Crippen LogP) is 3.53. The van der Waals surface area contributed by atoms with Crippen LogP contribution in [0.25, 0.3) is 0 Å². The van der Waals surface area contributed by atoms with Crippen LogP contribution in [0, 0.1) is 12.7 Å². The Labute approximate surface area is 124 Å². The van der Waals surface area contributed by atoms with Gasteiger partial charge in [0, 0.05) is 24.0 Å². The van der Waals surface area contributed by atoms with Crippen molar-refractivity contribution in [2.45, 2.75) is 19.4 Å². The molecule has 0 bridgehead atoms. The van der Waals surface area contributed by atoms with Gasteiger partial charge in [0.1, 0.15) is 5.82 Å². The van der Waals surface area contributed by atoms with E-state index < -0.39 is 0 Å². The highest BCUT2D eigenvalue weighted by molar-refractivity contribution is 9.10. The molecule has 0 fully saturated rings. The first kappa shape index (κ1) is 14.5. The van der Waals surface area contributed by atoms with E-state index >= 15 is 0 Å². The highest BCUT2D eigenvalue weighted by Gasteiger charge is 2.16. The lowest BCUT2D eigenvalue weighted by molar-refractivity contribution is 0.609. The molecule has 2 aromatic rings. The Morgan fingerprint density at radius 1 is 1.47 bits per heavy atom. The lowest BCUT2D eigenvalue weighted by Crippen LogP contribution is -2.16. The minimum absolute atomic E-state index is 0.313. The fourth-order valence-electron chi connectivity index (χ4n) is 2.02. The van der Waals surface area contributed by atoms with Gasteiger partial charge in [-0.15, -0.1) is 0 Å². The zero-order valence-electron chi connectivity index (χ0n) is 10.6. The van der Waals surface area contributed by atoms with Gasteiger partial charge in [-0.2, -0.15) is 5.10 Å². The molecule has 102 valence electrons. The summed E-state index contributed by atoms with van der Waals surface area (Å²) in [4.78, 5) is 0. The van der Waals surface area contributed by atoms with Gasteiger partial charge in [0.15, 0.2) is 0 Å². The molecule has 6 heteroatoms. The second-order valence-electron chi connectivity index (χ2n) is 4.48. The van der Waals surface area contributed by atoms with Crippen molar-refractivity contribution in [3.63, 3.8) is 0 Å². The number of hydrogen-bond donors (Lipinski definition) is 1. The Hall–Kier alpha value is -0.910. The van der Waals surface area contributed by atoms with Crippen molar-refractivity contribution in [2.24, 2.45) is 12.8 Å². The van der Waals surface area contributed by atoms with Crippen LogP contribution >= 0.6 is 27.5 Å². The third-order valence-corrected chi connectivity index (χ3v) is 3.94. The molecule has 1 aromatic carbocycles. The lowest BCUT2D eigenvalue weighted by atomic mass is 10.0. The van der Waals surface area contributed by atoms with Crippen LogP contribution < -0.4 is 5.73 Å². The number of hydrogen-bond acceptors (Lipinski definition) is 2. The maximum Gasteiger partial charge on any atom is 0.124 e. The molecule has 0 saturated heterocycles. The molecule has 0 spiro atoms. The zero-order valence-corrected chi connectivity index (χ0v) is 13.0. The summed E-state index contributed by atoms with van der Waals surface area (Å²) in [6, 6.07) is 4.31. The van der Waals surface area contributed by atoms with Crippen LogP contribution in [0.5, 0.6) is 0 Å². The number of nitrogens with zero attached hydrogens (tertiary/aromatic N) is 2. The molecule has 1 unspecified atom stereocenters. The van der Waals surface area contributed by atoms with Gasteiger partial charge in [0.25, 0.3) is 0 Å². The van der Waals surface area contributed by atoms with Crippen LogP contribution in [0.1, 0.15) is 23.0 Å². The summed E-state index contributed by atoms with van der Waals surface area (Å²) in [6.45, 7) is 1.84. The Bertz CT molecular complexity index is 592. The monoisotopic (exact) mass is 345 g/mol. The molecule has 1 heterocycles. The number of aryl methyl sites for hydroxylation is 2. The summed E-state index contributed by atoms with van der Waals surface area (Å²) in [6.07, 6.45) is 0.506. The molecule has 19 heavy (non-hydrogen) atoms. The third-order valence-electron chi connectivity index (χ3n) is 2.99. The summed E-state index contributed by atoms with van der Waals surface area (Å²) in [7, 11) is 1.82. The molecule has 0 saturated carbocycles. The molecule has 1 atom stereocenters. The summed E-state index contributed by atoms with van der Waals surface area (Å²) in [5.74, 6) is -0.313. The Morgan fingerprint density at radius 2 is 2.16 bits per heavy atom. The van der Waals surface area contributed by atoms with Crippen molar-refractivity contribution in [3.8, 4) is 0 Å². The van der Waals surface area contributed by atoms with E-state index in [1.807, 2.05) is 20.0 Å². The summed E-state index contributed by atoms with van der Waals surface area (Å²) < 4.78 is 15.7. The molecule has 2 rings (SSSR count). The van der Waals surface area contributed by atoms with Gasteiger partial charge in [-0.25, -0.2) is 4.39 Å². The first-order chi connectivity index (χ1) is 8.88. The molecule has 0 aliphatic carbocycles. The summed E-state index contributed by atoms with van der Waals surface area (Å²) in [5.41, 5.74) is 8.47. The Balaban J connectivity index is 2.27. The second kappa shape index (κ2) is 5.61. The molecule has 0 radical (unpaired) electrons.